The summed E-state index contributed by atoms with van der Waals surface area (Å²) in [6.07, 6.45) is 0.294. The van der Waals surface area contributed by atoms with Crippen molar-refractivity contribution in [1.29, 1.82) is 0 Å². The van der Waals surface area contributed by atoms with E-state index < -0.39 is 29.9 Å². The first-order chi connectivity index (χ1) is 11.7. The van der Waals surface area contributed by atoms with E-state index >= 15 is 0 Å². The van der Waals surface area contributed by atoms with Crippen LogP contribution in [0.25, 0.3) is 0 Å². The number of hydrogen-bond donors (Lipinski definition) is 4. The molecule has 0 spiro atoms. The van der Waals surface area contributed by atoms with Gasteiger partial charge in [0.25, 0.3) is 5.91 Å². The van der Waals surface area contributed by atoms with E-state index in [2.05, 4.69) is 16.0 Å². The van der Waals surface area contributed by atoms with Crippen LogP contribution in [0.2, 0.25) is 0 Å². The molecule has 4 N–H and O–H groups in total. The molecule has 138 valence electrons. The molecule has 1 aromatic rings. The van der Waals surface area contributed by atoms with Gasteiger partial charge in [0.05, 0.1) is 11.4 Å². The summed E-state index contributed by atoms with van der Waals surface area (Å²) < 4.78 is 0. The van der Waals surface area contributed by atoms with Crippen molar-refractivity contribution in [3.8, 4) is 0 Å². The second-order valence-electron chi connectivity index (χ2n) is 5.98. The number of nitrogens with one attached hydrogen (secondary N) is 3. The van der Waals surface area contributed by atoms with Crippen molar-refractivity contribution in [3.63, 3.8) is 0 Å². The monoisotopic (exact) mass is 369 g/mol. The maximum absolute atomic E-state index is 11.9. The highest BCUT2D eigenvalue weighted by Gasteiger charge is 2.22. The molecule has 8 nitrogen and oxygen atoms in total. The molecule has 0 fully saturated rings. The Hall–Kier alpha value is -2.42. The molecule has 25 heavy (non-hydrogen) atoms. The van der Waals surface area contributed by atoms with Crippen LogP contribution in [0.3, 0.4) is 0 Å². The summed E-state index contributed by atoms with van der Waals surface area (Å²) in [4.78, 5) is 47.2. The number of aliphatic carboxylic acids is 1. The third-order valence-corrected chi connectivity index (χ3v) is 4.12. The van der Waals surface area contributed by atoms with Crippen LogP contribution in [0.4, 0.5) is 0 Å². The van der Waals surface area contributed by atoms with Crippen molar-refractivity contribution in [2.75, 3.05) is 6.54 Å². The molecule has 1 heterocycles. The second-order valence-corrected chi connectivity index (χ2v) is 6.93. The zero-order chi connectivity index (χ0) is 19.0. The van der Waals surface area contributed by atoms with Gasteiger partial charge in [0.15, 0.2) is 0 Å². The van der Waals surface area contributed by atoms with E-state index in [1.807, 2.05) is 13.8 Å². The minimum absolute atomic E-state index is 0.100. The second kappa shape index (κ2) is 9.77. The molecule has 0 saturated carbocycles. The van der Waals surface area contributed by atoms with E-state index in [-0.39, 0.29) is 18.4 Å². The number of thiophene rings is 1. The van der Waals surface area contributed by atoms with Gasteiger partial charge in [-0.25, -0.2) is 4.79 Å². The fourth-order valence-electron chi connectivity index (χ4n) is 2.00. The summed E-state index contributed by atoms with van der Waals surface area (Å²) in [6.45, 7) is 4.83. The van der Waals surface area contributed by atoms with E-state index in [0.717, 1.165) is 0 Å². The van der Waals surface area contributed by atoms with Crippen molar-refractivity contribution in [1.82, 2.24) is 16.0 Å². The van der Waals surface area contributed by atoms with Gasteiger partial charge < -0.3 is 21.1 Å². The fraction of sp³-hybridized carbons (Fsp3) is 0.500. The van der Waals surface area contributed by atoms with Crippen LogP contribution in [0.15, 0.2) is 17.5 Å². The maximum Gasteiger partial charge on any atom is 0.326 e. The predicted molar refractivity (Wildman–Crippen MR) is 93.3 cm³/mol. The van der Waals surface area contributed by atoms with E-state index in [1.165, 1.54) is 18.3 Å². The van der Waals surface area contributed by atoms with Gasteiger partial charge >= 0.3 is 5.97 Å². The van der Waals surface area contributed by atoms with Gasteiger partial charge in [-0.15, -0.1) is 11.3 Å². The van der Waals surface area contributed by atoms with Gasteiger partial charge in [-0.3, -0.25) is 14.4 Å². The number of hydrogen-bond acceptors (Lipinski definition) is 5. The lowest BCUT2D eigenvalue weighted by Crippen LogP contribution is -2.49. The van der Waals surface area contributed by atoms with Gasteiger partial charge in [0, 0.05) is 0 Å². The molecule has 9 heteroatoms. The number of carbonyl (C=O) groups excluding carboxylic acids is 3. The summed E-state index contributed by atoms with van der Waals surface area (Å²) in [7, 11) is 0. The van der Waals surface area contributed by atoms with E-state index in [0.29, 0.717) is 11.3 Å². The van der Waals surface area contributed by atoms with Crippen LogP contribution in [0.1, 0.15) is 36.9 Å². The third-order valence-electron chi connectivity index (χ3n) is 3.25. The number of carboxylic acid groups (broad SMARTS) is 1. The Morgan fingerprint density at radius 2 is 1.84 bits per heavy atom. The first-order valence-corrected chi connectivity index (χ1v) is 8.73. The van der Waals surface area contributed by atoms with Crippen molar-refractivity contribution < 1.29 is 24.3 Å². The molecule has 0 aliphatic rings. The maximum atomic E-state index is 11.9. The Labute approximate surface area is 150 Å². The SMILES string of the molecule is CC(C)C[C@H](NC(=O)CNC(=O)C(C)NC(=O)c1cccs1)C(=O)O. The van der Waals surface area contributed by atoms with Crippen LogP contribution < -0.4 is 16.0 Å². The van der Waals surface area contributed by atoms with Gasteiger partial charge in [0.2, 0.25) is 11.8 Å². The largest absolute Gasteiger partial charge is 0.480 e. The van der Waals surface area contributed by atoms with Crippen LogP contribution in [0, 0.1) is 5.92 Å². The summed E-state index contributed by atoms with van der Waals surface area (Å²) in [5.41, 5.74) is 0. The lowest BCUT2D eigenvalue weighted by atomic mass is 10.0. The minimum Gasteiger partial charge on any atom is -0.480 e. The lowest BCUT2D eigenvalue weighted by molar-refractivity contribution is -0.142. The summed E-state index contributed by atoms with van der Waals surface area (Å²) >= 11 is 1.25. The average Bonchev–Trinajstić information content (AvgIpc) is 3.05. The molecular formula is C16H23N3O5S. The van der Waals surface area contributed by atoms with Crippen molar-refractivity contribution in [2.24, 2.45) is 5.92 Å². The highest BCUT2D eigenvalue weighted by molar-refractivity contribution is 7.12. The summed E-state index contributed by atoms with van der Waals surface area (Å²) in [6, 6.07) is 1.54. The molecule has 0 aliphatic heterocycles. The van der Waals surface area contributed by atoms with E-state index in [9.17, 15) is 19.2 Å². The van der Waals surface area contributed by atoms with Gasteiger partial charge in [0.1, 0.15) is 12.1 Å². The molecule has 0 radical (unpaired) electrons. The highest BCUT2D eigenvalue weighted by atomic mass is 32.1. The Balaban J connectivity index is 2.42. The number of carboxylic acids is 1. The van der Waals surface area contributed by atoms with Crippen LogP contribution in [-0.2, 0) is 14.4 Å². The number of rotatable bonds is 9. The summed E-state index contributed by atoms with van der Waals surface area (Å²) in [5.74, 6) is -2.52. The molecule has 3 amide bonds. The van der Waals surface area contributed by atoms with Crippen molar-refractivity contribution >= 4 is 35.0 Å². The Morgan fingerprint density at radius 1 is 1.16 bits per heavy atom. The standard InChI is InChI=1S/C16H23N3O5S/c1-9(2)7-11(16(23)24)19-13(20)8-17-14(21)10(3)18-15(22)12-5-4-6-25-12/h4-6,9-11H,7-8H2,1-3H3,(H,17,21)(H,18,22)(H,19,20)(H,23,24)/t10?,11-/m0/s1. The topological polar surface area (TPSA) is 125 Å². The van der Waals surface area contributed by atoms with Crippen LogP contribution >= 0.6 is 11.3 Å². The Morgan fingerprint density at radius 3 is 2.36 bits per heavy atom. The molecule has 1 aromatic heterocycles. The molecule has 1 rings (SSSR count). The normalized spacial score (nSPS) is 13.0. The van der Waals surface area contributed by atoms with Crippen LogP contribution in [-0.4, -0.2) is 47.4 Å². The van der Waals surface area contributed by atoms with Crippen molar-refractivity contribution in [3.05, 3.63) is 22.4 Å². The molecule has 0 saturated heterocycles. The number of carbonyl (C=O) groups is 4. The molecule has 2 atom stereocenters. The molecule has 0 aromatic carbocycles. The average molecular weight is 369 g/mol. The molecule has 1 unspecified atom stereocenters. The first-order valence-electron chi connectivity index (χ1n) is 7.85. The van der Waals surface area contributed by atoms with Crippen molar-refractivity contribution in [2.45, 2.75) is 39.3 Å². The van der Waals surface area contributed by atoms with Gasteiger partial charge in [-0.1, -0.05) is 19.9 Å². The first kappa shape index (κ1) is 20.6. The Kier molecular flexibility index (Phi) is 8.06. The third kappa shape index (κ3) is 7.34. The lowest BCUT2D eigenvalue weighted by Gasteiger charge is -2.17. The van der Waals surface area contributed by atoms with E-state index in [1.54, 1.807) is 17.5 Å². The molecular weight excluding hydrogens is 346 g/mol. The number of amides is 3. The summed E-state index contributed by atoms with van der Waals surface area (Å²) in [5, 5.41) is 18.1. The quantitative estimate of drug-likeness (QED) is 0.507. The predicted octanol–water partition coefficient (Wildman–Crippen LogP) is 0.598. The van der Waals surface area contributed by atoms with Gasteiger partial charge in [-0.05, 0) is 30.7 Å². The highest BCUT2D eigenvalue weighted by Crippen LogP contribution is 2.08. The molecule has 0 aliphatic carbocycles. The van der Waals surface area contributed by atoms with Gasteiger partial charge in [-0.2, -0.15) is 0 Å². The fourth-order valence-corrected chi connectivity index (χ4v) is 2.63. The van der Waals surface area contributed by atoms with E-state index in [4.69, 9.17) is 5.11 Å². The smallest absolute Gasteiger partial charge is 0.326 e. The molecule has 0 bridgehead atoms. The minimum atomic E-state index is -1.12. The zero-order valence-electron chi connectivity index (χ0n) is 14.4. The zero-order valence-corrected chi connectivity index (χ0v) is 15.2. The Bertz CT molecular complexity index is 615. The van der Waals surface area contributed by atoms with Crippen LogP contribution in [0.5, 0.6) is 0 Å².